The molecule has 0 saturated carbocycles. The average Bonchev–Trinajstić information content (AvgIpc) is 3.25. The monoisotopic (exact) mass is 516 g/mol. The summed E-state index contributed by atoms with van der Waals surface area (Å²) in [7, 11) is -3.63. The molecule has 1 fully saturated rings. The van der Waals surface area contributed by atoms with Crippen LogP contribution in [0.5, 0.6) is 0 Å². The molecule has 0 radical (unpaired) electrons. The molecule has 0 aliphatic carbocycles. The predicted octanol–water partition coefficient (Wildman–Crippen LogP) is 6.35. The van der Waals surface area contributed by atoms with Crippen molar-refractivity contribution in [2.45, 2.75) is 29.9 Å². The zero-order valence-electron chi connectivity index (χ0n) is 17.8. The molecule has 1 saturated heterocycles. The van der Waals surface area contributed by atoms with Crippen LogP contribution in [0.1, 0.15) is 24.1 Å². The molecule has 0 unspecified atom stereocenters. The van der Waals surface area contributed by atoms with Crippen LogP contribution in [0.25, 0.3) is 10.1 Å². The maximum atomic E-state index is 13.2. The number of thiophene rings is 1. The minimum Gasteiger partial charge on any atom is -0.286 e. The molecule has 0 bridgehead atoms. The smallest absolute Gasteiger partial charge is 0.242 e. The van der Waals surface area contributed by atoms with Gasteiger partial charge in [0.2, 0.25) is 10.0 Å². The van der Waals surface area contributed by atoms with E-state index in [2.05, 4.69) is 16.5 Å². The van der Waals surface area contributed by atoms with Gasteiger partial charge >= 0.3 is 0 Å². The van der Waals surface area contributed by atoms with Crippen molar-refractivity contribution in [1.82, 2.24) is 9.62 Å². The van der Waals surface area contributed by atoms with Gasteiger partial charge in [0.25, 0.3) is 0 Å². The standard InChI is InChI=1S/C25H22Cl2N2O2S2/c1-16-22(28-33(30,31)24-15-32-23-5-3-2-4-21(23)24)14-29(16)25(17-6-10-19(26)11-7-17)18-8-12-20(27)13-9-18/h2-13,15-16,22,25,28H,14H2,1H3/t16-,22+/m1/s1. The fourth-order valence-corrected chi connectivity index (χ4v) is 7.46. The molecular formula is C25H22Cl2N2O2S2. The summed E-state index contributed by atoms with van der Waals surface area (Å²) in [6.45, 7) is 2.65. The quantitative estimate of drug-likeness (QED) is 0.324. The van der Waals surface area contributed by atoms with E-state index in [0.29, 0.717) is 21.5 Å². The third kappa shape index (κ3) is 4.44. The number of sulfonamides is 1. The van der Waals surface area contributed by atoms with Crippen molar-refractivity contribution < 1.29 is 8.42 Å². The van der Waals surface area contributed by atoms with Gasteiger partial charge in [-0.05, 0) is 48.4 Å². The van der Waals surface area contributed by atoms with Gasteiger partial charge in [0.05, 0.1) is 12.1 Å². The molecule has 8 heteroatoms. The van der Waals surface area contributed by atoms with Crippen LogP contribution in [-0.4, -0.2) is 31.9 Å². The summed E-state index contributed by atoms with van der Waals surface area (Å²) < 4.78 is 30.3. The number of halogens is 2. The van der Waals surface area contributed by atoms with Crippen molar-refractivity contribution in [3.05, 3.63) is 99.3 Å². The summed E-state index contributed by atoms with van der Waals surface area (Å²) in [5, 5.41) is 3.84. The van der Waals surface area contributed by atoms with Crippen LogP contribution in [0.4, 0.5) is 0 Å². The molecule has 170 valence electrons. The Morgan fingerprint density at radius 2 is 1.52 bits per heavy atom. The van der Waals surface area contributed by atoms with E-state index in [-0.39, 0.29) is 18.1 Å². The maximum absolute atomic E-state index is 13.2. The van der Waals surface area contributed by atoms with Gasteiger partial charge in [0.1, 0.15) is 4.90 Å². The molecule has 2 atom stereocenters. The molecular weight excluding hydrogens is 495 g/mol. The molecule has 4 aromatic rings. The van der Waals surface area contributed by atoms with Gasteiger partial charge in [0, 0.05) is 38.1 Å². The number of likely N-dealkylation sites (tertiary alicyclic amines) is 1. The minimum absolute atomic E-state index is 0.000955. The van der Waals surface area contributed by atoms with Gasteiger partial charge in [-0.15, -0.1) is 11.3 Å². The molecule has 4 nitrogen and oxygen atoms in total. The van der Waals surface area contributed by atoms with E-state index in [9.17, 15) is 8.42 Å². The van der Waals surface area contributed by atoms with Crippen molar-refractivity contribution in [1.29, 1.82) is 0 Å². The van der Waals surface area contributed by atoms with Crippen LogP contribution < -0.4 is 4.72 Å². The van der Waals surface area contributed by atoms with Crippen LogP contribution in [0.3, 0.4) is 0 Å². The Labute approximate surface area is 207 Å². The minimum atomic E-state index is -3.63. The summed E-state index contributed by atoms with van der Waals surface area (Å²) in [6.07, 6.45) is 0. The molecule has 1 aliphatic heterocycles. The Kier molecular flexibility index (Phi) is 6.25. The van der Waals surface area contributed by atoms with Gasteiger partial charge in [0.15, 0.2) is 0 Å². The van der Waals surface area contributed by atoms with Gasteiger partial charge in [-0.3, -0.25) is 4.90 Å². The number of fused-ring (bicyclic) bond motifs is 1. The van der Waals surface area contributed by atoms with Crippen molar-refractivity contribution in [3.63, 3.8) is 0 Å². The fourth-order valence-electron chi connectivity index (χ4n) is 4.41. The second kappa shape index (κ2) is 9.02. The summed E-state index contributed by atoms with van der Waals surface area (Å²) >= 11 is 13.7. The molecule has 1 aliphatic rings. The highest BCUT2D eigenvalue weighted by atomic mass is 35.5. The van der Waals surface area contributed by atoms with Crippen molar-refractivity contribution >= 4 is 54.6 Å². The van der Waals surface area contributed by atoms with Gasteiger partial charge in [-0.25, -0.2) is 13.1 Å². The van der Waals surface area contributed by atoms with E-state index in [1.165, 1.54) is 11.3 Å². The van der Waals surface area contributed by atoms with Gasteiger partial charge in [-0.2, -0.15) is 0 Å². The summed E-state index contributed by atoms with van der Waals surface area (Å²) in [5.41, 5.74) is 2.19. The van der Waals surface area contributed by atoms with Gasteiger partial charge < -0.3 is 0 Å². The highest BCUT2D eigenvalue weighted by Gasteiger charge is 2.43. The molecule has 1 N–H and O–H groups in total. The van der Waals surface area contributed by atoms with Crippen molar-refractivity contribution in [3.8, 4) is 0 Å². The summed E-state index contributed by atoms with van der Waals surface area (Å²) in [4.78, 5) is 2.64. The molecule has 1 aromatic heterocycles. The zero-order valence-corrected chi connectivity index (χ0v) is 20.9. The zero-order chi connectivity index (χ0) is 23.2. The SMILES string of the molecule is C[C@@H]1[C@@H](NS(=O)(=O)c2csc3ccccc23)CN1C(c1ccc(Cl)cc1)c1ccc(Cl)cc1. The number of benzene rings is 3. The Hall–Kier alpha value is -1.93. The Balaban J connectivity index is 1.40. The number of hydrogen-bond donors (Lipinski definition) is 1. The number of rotatable bonds is 6. The van der Waals surface area contributed by atoms with Crippen LogP contribution >= 0.6 is 34.5 Å². The normalized spacial score (nSPS) is 19.2. The first-order valence-electron chi connectivity index (χ1n) is 10.6. The molecule has 3 aromatic carbocycles. The lowest BCUT2D eigenvalue weighted by Gasteiger charge is -2.50. The number of nitrogens with one attached hydrogen (secondary N) is 1. The number of nitrogens with zero attached hydrogens (tertiary/aromatic N) is 1. The second-order valence-electron chi connectivity index (χ2n) is 8.27. The lowest BCUT2D eigenvalue weighted by molar-refractivity contribution is 0.0370. The van der Waals surface area contributed by atoms with Crippen LogP contribution in [0.15, 0.2) is 83.1 Å². The molecule has 33 heavy (non-hydrogen) atoms. The Bertz CT molecular complexity index is 1340. The third-order valence-electron chi connectivity index (χ3n) is 6.26. The molecule has 5 rings (SSSR count). The first-order valence-corrected chi connectivity index (χ1v) is 13.7. The lowest BCUT2D eigenvalue weighted by Crippen LogP contribution is -2.66. The van der Waals surface area contributed by atoms with E-state index in [4.69, 9.17) is 23.2 Å². The van der Waals surface area contributed by atoms with E-state index in [1.807, 2.05) is 72.8 Å². The molecule has 0 spiro atoms. The largest absolute Gasteiger partial charge is 0.286 e. The number of hydrogen-bond acceptors (Lipinski definition) is 4. The average molecular weight is 518 g/mol. The Morgan fingerprint density at radius 1 is 0.939 bits per heavy atom. The van der Waals surface area contributed by atoms with E-state index >= 15 is 0 Å². The second-order valence-corrected chi connectivity index (χ2v) is 11.7. The first kappa shape index (κ1) is 22.8. The highest BCUT2D eigenvalue weighted by molar-refractivity contribution is 7.90. The van der Waals surface area contributed by atoms with Crippen LogP contribution in [-0.2, 0) is 10.0 Å². The maximum Gasteiger partial charge on any atom is 0.242 e. The third-order valence-corrected chi connectivity index (χ3v) is 9.40. The summed E-state index contributed by atoms with van der Waals surface area (Å²) in [6, 6.07) is 23.0. The van der Waals surface area contributed by atoms with Crippen LogP contribution in [0.2, 0.25) is 10.0 Å². The molecule has 0 amide bonds. The van der Waals surface area contributed by atoms with E-state index < -0.39 is 10.0 Å². The van der Waals surface area contributed by atoms with E-state index in [1.54, 1.807) is 5.38 Å². The lowest BCUT2D eigenvalue weighted by atomic mass is 9.89. The van der Waals surface area contributed by atoms with E-state index in [0.717, 1.165) is 21.2 Å². The van der Waals surface area contributed by atoms with Gasteiger partial charge in [-0.1, -0.05) is 65.7 Å². The van der Waals surface area contributed by atoms with Crippen LogP contribution in [0, 0.1) is 0 Å². The Morgan fingerprint density at radius 3 is 2.09 bits per heavy atom. The van der Waals surface area contributed by atoms with Crippen molar-refractivity contribution in [2.75, 3.05) is 6.54 Å². The topological polar surface area (TPSA) is 49.4 Å². The predicted molar refractivity (Wildman–Crippen MR) is 137 cm³/mol. The van der Waals surface area contributed by atoms with Crippen molar-refractivity contribution in [2.24, 2.45) is 0 Å². The summed E-state index contributed by atoms with van der Waals surface area (Å²) in [5.74, 6) is 0. The highest BCUT2D eigenvalue weighted by Crippen LogP contribution is 2.38. The molecule has 2 heterocycles. The fraction of sp³-hybridized carbons (Fsp3) is 0.200. The first-order chi connectivity index (χ1) is 15.8.